The maximum absolute atomic E-state index is 2.45. The Morgan fingerprint density at radius 3 is 2.24 bits per heavy atom. The van der Waals surface area contributed by atoms with Gasteiger partial charge in [-0.25, -0.2) is 0 Å². The van der Waals surface area contributed by atoms with E-state index in [1.54, 1.807) is 5.57 Å². The van der Waals surface area contributed by atoms with Crippen molar-refractivity contribution in [1.29, 1.82) is 0 Å². The molecule has 0 aliphatic rings. The van der Waals surface area contributed by atoms with Crippen molar-refractivity contribution in [2.75, 3.05) is 0 Å². The zero-order valence-corrected chi connectivity index (χ0v) is 12.7. The third-order valence-corrected chi connectivity index (χ3v) is 3.62. The SMILES string of the molecule is CCCCC=C(C)CCCC(C)CCCCC. The number of allylic oxidation sites excluding steroid dienone is 2. The van der Waals surface area contributed by atoms with Crippen LogP contribution in [-0.4, -0.2) is 0 Å². The Kier molecular flexibility index (Phi) is 12.0. The van der Waals surface area contributed by atoms with E-state index in [0.717, 1.165) is 5.92 Å². The number of hydrogen-bond donors (Lipinski definition) is 0. The minimum absolute atomic E-state index is 0.935. The zero-order valence-electron chi connectivity index (χ0n) is 12.7. The molecule has 0 amide bonds. The first-order chi connectivity index (χ1) is 8.20. The van der Waals surface area contributed by atoms with Crippen LogP contribution in [0, 0.1) is 5.92 Å². The van der Waals surface area contributed by atoms with E-state index >= 15 is 0 Å². The van der Waals surface area contributed by atoms with Crippen molar-refractivity contribution in [2.24, 2.45) is 5.92 Å². The van der Waals surface area contributed by atoms with Crippen LogP contribution in [-0.2, 0) is 0 Å². The first-order valence-electron chi connectivity index (χ1n) is 7.86. The Bertz CT molecular complexity index is 178. The second-order valence-corrected chi connectivity index (χ2v) is 5.69. The predicted molar refractivity (Wildman–Crippen MR) is 80.4 cm³/mol. The molecule has 1 unspecified atom stereocenters. The maximum atomic E-state index is 2.45. The van der Waals surface area contributed by atoms with Gasteiger partial charge in [-0.3, -0.25) is 0 Å². The van der Waals surface area contributed by atoms with Crippen molar-refractivity contribution in [3.63, 3.8) is 0 Å². The summed E-state index contributed by atoms with van der Waals surface area (Å²) in [6.07, 6.45) is 16.2. The summed E-state index contributed by atoms with van der Waals surface area (Å²) in [6, 6.07) is 0. The monoisotopic (exact) mass is 238 g/mol. The first kappa shape index (κ1) is 16.7. The molecule has 0 heterocycles. The van der Waals surface area contributed by atoms with E-state index in [2.05, 4.69) is 33.8 Å². The van der Waals surface area contributed by atoms with Gasteiger partial charge in [0.25, 0.3) is 0 Å². The van der Waals surface area contributed by atoms with Crippen LogP contribution >= 0.6 is 0 Å². The van der Waals surface area contributed by atoms with Crippen LogP contribution in [0.15, 0.2) is 11.6 Å². The molecule has 0 aromatic heterocycles. The number of rotatable bonds is 11. The quantitative estimate of drug-likeness (QED) is 0.284. The molecule has 0 radical (unpaired) electrons. The smallest absolute Gasteiger partial charge is 0.0323 e. The summed E-state index contributed by atoms with van der Waals surface area (Å²) in [5.41, 5.74) is 1.61. The summed E-state index contributed by atoms with van der Waals surface area (Å²) in [5, 5.41) is 0. The number of hydrogen-bond acceptors (Lipinski definition) is 0. The van der Waals surface area contributed by atoms with E-state index in [1.165, 1.54) is 64.2 Å². The molecule has 0 bridgehead atoms. The molecule has 0 aliphatic carbocycles. The lowest BCUT2D eigenvalue weighted by molar-refractivity contribution is 0.450. The molecule has 102 valence electrons. The molecule has 0 heteroatoms. The lowest BCUT2D eigenvalue weighted by Gasteiger charge is -2.10. The van der Waals surface area contributed by atoms with Gasteiger partial charge in [0.2, 0.25) is 0 Å². The van der Waals surface area contributed by atoms with Gasteiger partial charge in [0, 0.05) is 0 Å². The third-order valence-electron chi connectivity index (χ3n) is 3.62. The molecule has 0 N–H and O–H groups in total. The molecular formula is C17H34. The Balaban J connectivity index is 3.44. The molecule has 0 aliphatic heterocycles. The second kappa shape index (κ2) is 12.2. The molecule has 1 atom stereocenters. The minimum Gasteiger partial charge on any atom is -0.0856 e. The van der Waals surface area contributed by atoms with Gasteiger partial charge >= 0.3 is 0 Å². The predicted octanol–water partition coefficient (Wildman–Crippen LogP) is 6.51. The fraction of sp³-hybridized carbons (Fsp3) is 0.882. The van der Waals surface area contributed by atoms with Gasteiger partial charge < -0.3 is 0 Å². The molecule has 0 nitrogen and oxygen atoms in total. The van der Waals surface area contributed by atoms with Crippen LogP contribution in [0.5, 0.6) is 0 Å². The van der Waals surface area contributed by atoms with E-state index in [4.69, 9.17) is 0 Å². The van der Waals surface area contributed by atoms with Crippen molar-refractivity contribution in [3.8, 4) is 0 Å². The highest BCUT2D eigenvalue weighted by Gasteiger charge is 2.01. The normalized spacial score (nSPS) is 14.0. The molecule has 0 fully saturated rings. The maximum Gasteiger partial charge on any atom is -0.0323 e. The molecule has 0 rings (SSSR count). The summed E-state index contributed by atoms with van der Waals surface area (Å²) in [4.78, 5) is 0. The Morgan fingerprint density at radius 1 is 0.941 bits per heavy atom. The second-order valence-electron chi connectivity index (χ2n) is 5.69. The zero-order chi connectivity index (χ0) is 12.9. The Hall–Kier alpha value is -0.260. The van der Waals surface area contributed by atoms with Crippen LogP contribution in [0.2, 0.25) is 0 Å². The third kappa shape index (κ3) is 12.0. The highest BCUT2D eigenvalue weighted by atomic mass is 14.1. The van der Waals surface area contributed by atoms with Crippen molar-refractivity contribution < 1.29 is 0 Å². The number of unbranched alkanes of at least 4 members (excludes halogenated alkanes) is 4. The lowest BCUT2D eigenvalue weighted by atomic mass is 9.96. The van der Waals surface area contributed by atoms with Gasteiger partial charge in [0.05, 0.1) is 0 Å². The molecular weight excluding hydrogens is 204 g/mol. The highest BCUT2D eigenvalue weighted by Crippen LogP contribution is 2.18. The van der Waals surface area contributed by atoms with Crippen LogP contribution in [0.3, 0.4) is 0 Å². The average Bonchev–Trinajstić information content (AvgIpc) is 2.30. The van der Waals surface area contributed by atoms with Crippen LogP contribution in [0.1, 0.15) is 91.9 Å². The van der Waals surface area contributed by atoms with E-state index < -0.39 is 0 Å². The van der Waals surface area contributed by atoms with E-state index in [1.807, 2.05) is 0 Å². The summed E-state index contributed by atoms with van der Waals surface area (Å²) in [5.74, 6) is 0.935. The fourth-order valence-electron chi connectivity index (χ4n) is 2.27. The average molecular weight is 238 g/mol. The van der Waals surface area contributed by atoms with Gasteiger partial charge in [-0.15, -0.1) is 0 Å². The molecule has 0 spiro atoms. The molecule has 0 aromatic rings. The topological polar surface area (TPSA) is 0 Å². The minimum atomic E-state index is 0.935. The van der Waals surface area contributed by atoms with Crippen molar-refractivity contribution in [1.82, 2.24) is 0 Å². The Morgan fingerprint density at radius 2 is 1.59 bits per heavy atom. The van der Waals surface area contributed by atoms with Gasteiger partial charge in [0.1, 0.15) is 0 Å². The summed E-state index contributed by atoms with van der Waals surface area (Å²) in [6.45, 7) is 9.28. The molecule has 17 heavy (non-hydrogen) atoms. The summed E-state index contributed by atoms with van der Waals surface area (Å²) in [7, 11) is 0. The standard InChI is InChI=1S/C17H34/c1-5-7-9-12-16(3)14-11-15-17(4)13-10-8-6-2/h12,17H,5-11,13-15H2,1-4H3. The van der Waals surface area contributed by atoms with Gasteiger partial charge in [0.15, 0.2) is 0 Å². The summed E-state index contributed by atoms with van der Waals surface area (Å²) >= 11 is 0. The van der Waals surface area contributed by atoms with Gasteiger partial charge in [-0.05, 0) is 32.1 Å². The molecule has 0 aromatic carbocycles. The van der Waals surface area contributed by atoms with E-state index in [0.29, 0.717) is 0 Å². The van der Waals surface area contributed by atoms with Crippen LogP contribution in [0.4, 0.5) is 0 Å². The van der Waals surface area contributed by atoms with Crippen molar-refractivity contribution in [2.45, 2.75) is 91.9 Å². The van der Waals surface area contributed by atoms with Gasteiger partial charge in [-0.1, -0.05) is 77.4 Å². The molecule has 0 saturated heterocycles. The largest absolute Gasteiger partial charge is 0.0856 e. The first-order valence-corrected chi connectivity index (χ1v) is 7.86. The van der Waals surface area contributed by atoms with Gasteiger partial charge in [-0.2, -0.15) is 0 Å². The lowest BCUT2D eigenvalue weighted by Crippen LogP contribution is -1.95. The highest BCUT2D eigenvalue weighted by molar-refractivity contribution is 4.97. The van der Waals surface area contributed by atoms with Crippen molar-refractivity contribution in [3.05, 3.63) is 11.6 Å². The van der Waals surface area contributed by atoms with E-state index in [9.17, 15) is 0 Å². The van der Waals surface area contributed by atoms with E-state index in [-0.39, 0.29) is 0 Å². The van der Waals surface area contributed by atoms with Crippen LogP contribution in [0.25, 0.3) is 0 Å². The Labute approximate surface area is 110 Å². The van der Waals surface area contributed by atoms with Crippen molar-refractivity contribution >= 4 is 0 Å². The molecule has 0 saturated carbocycles. The van der Waals surface area contributed by atoms with Crippen LogP contribution < -0.4 is 0 Å². The summed E-state index contributed by atoms with van der Waals surface area (Å²) < 4.78 is 0. The fourth-order valence-corrected chi connectivity index (χ4v) is 2.27.